The number of piperidine rings is 1. The summed E-state index contributed by atoms with van der Waals surface area (Å²) in [5, 5.41) is 4.79. The van der Waals surface area contributed by atoms with Crippen molar-refractivity contribution in [1.29, 1.82) is 0 Å². The number of nitrogens with zero attached hydrogens (tertiary/aromatic N) is 3. The third-order valence-corrected chi connectivity index (χ3v) is 6.04. The topological polar surface area (TPSA) is 99.7 Å². The predicted octanol–water partition coefficient (Wildman–Crippen LogP) is 3.20. The second-order valence-corrected chi connectivity index (χ2v) is 8.20. The van der Waals surface area contributed by atoms with E-state index in [0.29, 0.717) is 48.8 Å². The quantitative estimate of drug-likeness (QED) is 0.624. The van der Waals surface area contributed by atoms with Gasteiger partial charge in [-0.3, -0.25) is 9.59 Å². The first-order valence-electron chi connectivity index (χ1n) is 10.9. The van der Waals surface area contributed by atoms with Gasteiger partial charge in [-0.2, -0.15) is 5.10 Å². The number of nitrogens with two attached hydrogens (primary N) is 1. The number of hydrogen-bond acceptors (Lipinski definition) is 5. The molecule has 4 rings (SSSR count). The van der Waals surface area contributed by atoms with Gasteiger partial charge in [-0.25, -0.2) is 4.68 Å². The number of carbonyl (C=O) groups is 2. The number of hydrogen-bond donors (Lipinski definition) is 1. The van der Waals surface area contributed by atoms with E-state index >= 15 is 0 Å². The largest absolute Gasteiger partial charge is 0.497 e. The van der Waals surface area contributed by atoms with E-state index in [1.54, 1.807) is 35.9 Å². The molecule has 1 saturated heterocycles. The maximum absolute atomic E-state index is 13.6. The van der Waals surface area contributed by atoms with Crippen molar-refractivity contribution < 1.29 is 19.1 Å². The van der Waals surface area contributed by atoms with Gasteiger partial charge in [0.25, 0.3) is 5.91 Å². The summed E-state index contributed by atoms with van der Waals surface area (Å²) in [4.78, 5) is 26.8. The summed E-state index contributed by atoms with van der Waals surface area (Å²) in [5.74, 6) is 0.646. The van der Waals surface area contributed by atoms with Gasteiger partial charge in [-0.15, -0.1) is 0 Å². The first kappa shape index (κ1) is 22.4. The van der Waals surface area contributed by atoms with Crippen LogP contribution in [0.4, 0.5) is 0 Å². The molecule has 0 atom stereocenters. The normalized spacial score (nSPS) is 14.2. The van der Waals surface area contributed by atoms with E-state index in [2.05, 4.69) is 0 Å². The van der Waals surface area contributed by atoms with Crippen molar-refractivity contribution in [1.82, 2.24) is 14.7 Å². The molecule has 172 valence electrons. The lowest BCUT2D eigenvalue weighted by Crippen LogP contribution is -2.42. The Labute approximate surface area is 192 Å². The number of likely N-dealkylation sites (tertiary alicyclic amines) is 1. The van der Waals surface area contributed by atoms with E-state index in [1.807, 2.05) is 43.3 Å². The average Bonchev–Trinajstić information content (AvgIpc) is 3.28. The first-order valence-corrected chi connectivity index (χ1v) is 10.9. The zero-order valence-corrected chi connectivity index (χ0v) is 19.1. The van der Waals surface area contributed by atoms with Gasteiger partial charge in [0.1, 0.15) is 17.2 Å². The fourth-order valence-electron chi connectivity index (χ4n) is 4.16. The monoisotopic (exact) mass is 448 g/mol. The lowest BCUT2D eigenvalue weighted by molar-refractivity contribution is -0.123. The molecule has 2 amide bonds. The molecule has 8 nitrogen and oxygen atoms in total. The molecule has 1 fully saturated rings. The van der Waals surface area contributed by atoms with Crippen LogP contribution in [0.1, 0.15) is 28.9 Å². The summed E-state index contributed by atoms with van der Waals surface area (Å²) in [6.45, 7) is 2.95. The number of aryl methyl sites for hydroxylation is 1. The molecule has 1 aromatic heterocycles. The van der Waals surface area contributed by atoms with Crippen LogP contribution in [-0.4, -0.2) is 53.8 Å². The van der Waals surface area contributed by atoms with Gasteiger partial charge in [0.15, 0.2) is 0 Å². The van der Waals surface area contributed by atoms with Crippen molar-refractivity contribution in [3.05, 3.63) is 59.8 Å². The number of carbonyl (C=O) groups excluding carboxylic acids is 2. The molecular weight excluding hydrogens is 420 g/mol. The number of amides is 2. The number of benzene rings is 2. The Kier molecular flexibility index (Phi) is 6.35. The molecule has 8 heteroatoms. The predicted molar refractivity (Wildman–Crippen MR) is 125 cm³/mol. The van der Waals surface area contributed by atoms with Gasteiger partial charge in [-0.05, 0) is 55.7 Å². The van der Waals surface area contributed by atoms with Gasteiger partial charge >= 0.3 is 0 Å². The Morgan fingerprint density at radius 2 is 1.79 bits per heavy atom. The van der Waals surface area contributed by atoms with Crippen LogP contribution in [0.25, 0.3) is 16.9 Å². The van der Waals surface area contributed by atoms with Crippen LogP contribution in [0.3, 0.4) is 0 Å². The van der Waals surface area contributed by atoms with Crippen molar-refractivity contribution >= 4 is 11.8 Å². The van der Waals surface area contributed by atoms with Gasteiger partial charge in [0, 0.05) is 30.6 Å². The van der Waals surface area contributed by atoms with E-state index in [-0.39, 0.29) is 17.7 Å². The van der Waals surface area contributed by atoms with Gasteiger partial charge < -0.3 is 20.1 Å². The molecule has 2 aromatic carbocycles. The molecule has 1 aliphatic rings. The number of primary amides is 1. The molecule has 0 bridgehead atoms. The van der Waals surface area contributed by atoms with E-state index in [9.17, 15) is 9.59 Å². The van der Waals surface area contributed by atoms with E-state index in [0.717, 1.165) is 16.8 Å². The summed E-state index contributed by atoms with van der Waals surface area (Å²) < 4.78 is 12.5. The molecule has 2 N–H and O–H groups in total. The summed E-state index contributed by atoms with van der Waals surface area (Å²) in [5.41, 5.74) is 9.13. The second kappa shape index (κ2) is 9.36. The zero-order valence-electron chi connectivity index (χ0n) is 19.1. The van der Waals surface area contributed by atoms with Crippen LogP contribution >= 0.6 is 0 Å². The fraction of sp³-hybridized carbons (Fsp3) is 0.320. The number of aromatic nitrogens is 2. The summed E-state index contributed by atoms with van der Waals surface area (Å²) in [6, 6.07) is 15.1. The minimum absolute atomic E-state index is 0.134. The molecule has 3 aromatic rings. The zero-order chi connectivity index (χ0) is 23.5. The summed E-state index contributed by atoms with van der Waals surface area (Å²) >= 11 is 0. The maximum atomic E-state index is 13.6. The number of ether oxygens (including phenoxy) is 2. The first-order chi connectivity index (χ1) is 15.9. The smallest absolute Gasteiger partial charge is 0.272 e. The Morgan fingerprint density at radius 1 is 1.03 bits per heavy atom. The molecule has 0 aliphatic carbocycles. The highest BCUT2D eigenvalue weighted by atomic mass is 16.5. The van der Waals surface area contributed by atoms with Crippen LogP contribution in [-0.2, 0) is 4.79 Å². The molecular formula is C25H28N4O4. The molecule has 0 saturated carbocycles. The summed E-state index contributed by atoms with van der Waals surface area (Å²) in [6.07, 6.45) is 1.14. The SMILES string of the molecule is COc1ccc(-c2cc(C(=O)N3CCC(C(N)=O)CC3)n(-c3cccc(C)c3)n2)c(OC)c1. The van der Waals surface area contributed by atoms with Crippen molar-refractivity contribution in [3.63, 3.8) is 0 Å². The Morgan fingerprint density at radius 3 is 2.42 bits per heavy atom. The molecule has 0 spiro atoms. The Bertz CT molecular complexity index is 1180. The maximum Gasteiger partial charge on any atom is 0.272 e. The lowest BCUT2D eigenvalue weighted by Gasteiger charge is -2.30. The van der Waals surface area contributed by atoms with E-state index < -0.39 is 0 Å². The standard InChI is InChI=1S/C25H28N4O4/c1-16-5-4-6-18(13-16)29-22(25(31)28-11-9-17(10-12-28)24(26)30)15-21(27-29)20-8-7-19(32-2)14-23(20)33-3/h4-8,13-15,17H,9-12H2,1-3H3,(H2,26,30). The minimum Gasteiger partial charge on any atom is -0.497 e. The van der Waals surface area contributed by atoms with Gasteiger partial charge in [0.2, 0.25) is 5.91 Å². The van der Waals surface area contributed by atoms with Crippen molar-refractivity contribution in [2.24, 2.45) is 11.7 Å². The lowest BCUT2D eigenvalue weighted by atomic mass is 9.96. The van der Waals surface area contributed by atoms with Crippen LogP contribution in [0, 0.1) is 12.8 Å². The highest BCUT2D eigenvalue weighted by Crippen LogP contribution is 2.34. The van der Waals surface area contributed by atoms with Crippen LogP contribution < -0.4 is 15.2 Å². The van der Waals surface area contributed by atoms with Crippen molar-refractivity contribution in [3.8, 4) is 28.4 Å². The number of rotatable bonds is 6. The third-order valence-electron chi connectivity index (χ3n) is 6.04. The second-order valence-electron chi connectivity index (χ2n) is 8.20. The molecule has 2 heterocycles. The Hall–Kier alpha value is -3.81. The Balaban J connectivity index is 1.75. The van der Waals surface area contributed by atoms with E-state index in [1.165, 1.54) is 0 Å². The highest BCUT2D eigenvalue weighted by molar-refractivity contribution is 5.95. The summed E-state index contributed by atoms with van der Waals surface area (Å²) in [7, 11) is 3.18. The van der Waals surface area contributed by atoms with Crippen LogP contribution in [0.2, 0.25) is 0 Å². The van der Waals surface area contributed by atoms with E-state index in [4.69, 9.17) is 20.3 Å². The van der Waals surface area contributed by atoms with Gasteiger partial charge in [-0.1, -0.05) is 12.1 Å². The van der Waals surface area contributed by atoms with Gasteiger partial charge in [0.05, 0.1) is 25.6 Å². The number of methoxy groups -OCH3 is 2. The highest BCUT2D eigenvalue weighted by Gasteiger charge is 2.29. The average molecular weight is 449 g/mol. The molecule has 33 heavy (non-hydrogen) atoms. The molecule has 1 aliphatic heterocycles. The minimum atomic E-state index is -0.305. The van der Waals surface area contributed by atoms with Crippen molar-refractivity contribution in [2.75, 3.05) is 27.3 Å². The molecule has 0 radical (unpaired) electrons. The van der Waals surface area contributed by atoms with Crippen molar-refractivity contribution in [2.45, 2.75) is 19.8 Å². The van der Waals surface area contributed by atoms with Crippen LogP contribution in [0.15, 0.2) is 48.5 Å². The fourth-order valence-corrected chi connectivity index (χ4v) is 4.16. The molecule has 0 unspecified atom stereocenters. The third kappa shape index (κ3) is 4.55. The van der Waals surface area contributed by atoms with Crippen LogP contribution in [0.5, 0.6) is 11.5 Å².